The van der Waals surface area contributed by atoms with Crippen molar-refractivity contribution in [3.63, 3.8) is 0 Å². The van der Waals surface area contributed by atoms with Crippen LogP contribution in [-0.4, -0.2) is 51.6 Å². The Hall–Kier alpha value is -0.210. The SMILES string of the molecule is CC(C)CNS(=O)(=O)N1CCC(OCCCN)CC1. The summed E-state index contributed by atoms with van der Waals surface area (Å²) in [7, 11) is -3.32. The average Bonchev–Trinajstić information content (AvgIpc) is 2.37. The number of hydrogen-bond acceptors (Lipinski definition) is 4. The van der Waals surface area contributed by atoms with Crippen molar-refractivity contribution in [1.82, 2.24) is 9.03 Å². The number of hydrogen-bond donors (Lipinski definition) is 2. The van der Waals surface area contributed by atoms with Gasteiger partial charge in [0.1, 0.15) is 0 Å². The van der Waals surface area contributed by atoms with E-state index in [9.17, 15) is 8.42 Å². The molecule has 0 unspecified atom stereocenters. The van der Waals surface area contributed by atoms with E-state index in [1.165, 1.54) is 4.31 Å². The molecule has 0 saturated carbocycles. The summed E-state index contributed by atoms with van der Waals surface area (Å²) in [5.74, 6) is 0.312. The molecule has 0 aromatic rings. The summed E-state index contributed by atoms with van der Waals surface area (Å²) in [6.45, 7) is 6.81. The van der Waals surface area contributed by atoms with Gasteiger partial charge in [0.25, 0.3) is 10.2 Å². The highest BCUT2D eigenvalue weighted by molar-refractivity contribution is 7.87. The van der Waals surface area contributed by atoms with E-state index in [-0.39, 0.29) is 6.10 Å². The van der Waals surface area contributed by atoms with E-state index in [0.29, 0.717) is 38.7 Å². The fraction of sp³-hybridized carbons (Fsp3) is 1.00. The summed E-state index contributed by atoms with van der Waals surface area (Å²) in [6, 6.07) is 0. The first-order valence-corrected chi connectivity index (χ1v) is 8.46. The highest BCUT2D eigenvalue weighted by Crippen LogP contribution is 2.16. The molecule has 0 atom stereocenters. The Morgan fingerprint density at radius 2 is 2.00 bits per heavy atom. The van der Waals surface area contributed by atoms with E-state index in [4.69, 9.17) is 10.5 Å². The topological polar surface area (TPSA) is 84.7 Å². The van der Waals surface area contributed by atoms with Gasteiger partial charge in [-0.3, -0.25) is 0 Å². The third kappa shape index (κ3) is 6.18. The van der Waals surface area contributed by atoms with Crippen LogP contribution in [0, 0.1) is 5.92 Å². The van der Waals surface area contributed by atoms with Gasteiger partial charge in [-0.25, -0.2) is 4.72 Å². The third-order valence-electron chi connectivity index (χ3n) is 3.12. The van der Waals surface area contributed by atoms with Gasteiger partial charge >= 0.3 is 0 Å². The second-order valence-electron chi connectivity index (χ2n) is 5.36. The van der Waals surface area contributed by atoms with Gasteiger partial charge in [-0.1, -0.05) is 13.8 Å². The van der Waals surface area contributed by atoms with Crippen molar-refractivity contribution in [2.24, 2.45) is 11.7 Å². The molecule has 3 N–H and O–H groups in total. The molecule has 0 amide bonds. The molecule has 1 aliphatic rings. The Morgan fingerprint density at radius 1 is 1.37 bits per heavy atom. The van der Waals surface area contributed by atoms with Crippen molar-refractivity contribution in [1.29, 1.82) is 0 Å². The Labute approximate surface area is 116 Å². The van der Waals surface area contributed by atoms with Crippen LogP contribution >= 0.6 is 0 Å². The molecule has 114 valence electrons. The minimum absolute atomic E-state index is 0.170. The van der Waals surface area contributed by atoms with Gasteiger partial charge in [0, 0.05) is 26.2 Å². The largest absolute Gasteiger partial charge is 0.378 e. The van der Waals surface area contributed by atoms with Gasteiger partial charge in [0.05, 0.1) is 6.10 Å². The van der Waals surface area contributed by atoms with Gasteiger partial charge < -0.3 is 10.5 Å². The van der Waals surface area contributed by atoms with Crippen LogP contribution in [0.2, 0.25) is 0 Å². The van der Waals surface area contributed by atoms with E-state index in [1.54, 1.807) is 0 Å². The van der Waals surface area contributed by atoms with E-state index < -0.39 is 10.2 Å². The summed E-state index contributed by atoms with van der Waals surface area (Å²) >= 11 is 0. The molecule has 0 radical (unpaired) electrons. The van der Waals surface area contributed by atoms with Gasteiger partial charge in [-0.15, -0.1) is 0 Å². The molecule has 0 aliphatic carbocycles. The molecule has 1 heterocycles. The van der Waals surface area contributed by atoms with Crippen LogP contribution in [0.5, 0.6) is 0 Å². The molecule has 0 aromatic heterocycles. The lowest BCUT2D eigenvalue weighted by molar-refractivity contribution is 0.0207. The summed E-state index contributed by atoms with van der Waals surface area (Å²) in [5, 5.41) is 0. The summed E-state index contributed by atoms with van der Waals surface area (Å²) in [5.41, 5.74) is 5.41. The zero-order chi connectivity index (χ0) is 14.3. The van der Waals surface area contributed by atoms with Crippen LogP contribution in [-0.2, 0) is 14.9 Å². The van der Waals surface area contributed by atoms with E-state index in [1.807, 2.05) is 13.8 Å². The number of rotatable bonds is 8. The molecule has 0 spiro atoms. The second-order valence-corrected chi connectivity index (χ2v) is 7.11. The van der Waals surface area contributed by atoms with Crippen molar-refractivity contribution in [2.75, 3.05) is 32.8 Å². The predicted octanol–water partition coefficient (Wildman–Crippen LogP) is 0.307. The second kappa shape index (κ2) is 8.16. The number of ether oxygens (including phenoxy) is 1. The third-order valence-corrected chi connectivity index (χ3v) is 4.69. The van der Waals surface area contributed by atoms with Gasteiger partial charge in [0.15, 0.2) is 0 Å². The quantitative estimate of drug-likeness (QED) is 0.631. The van der Waals surface area contributed by atoms with Crippen molar-refractivity contribution < 1.29 is 13.2 Å². The number of piperidine rings is 1. The Balaban J connectivity index is 2.32. The Morgan fingerprint density at radius 3 is 2.53 bits per heavy atom. The van der Waals surface area contributed by atoms with E-state index >= 15 is 0 Å². The summed E-state index contributed by atoms with van der Waals surface area (Å²) in [4.78, 5) is 0. The molecule has 1 saturated heterocycles. The maximum atomic E-state index is 12.0. The lowest BCUT2D eigenvalue weighted by atomic mass is 10.1. The fourth-order valence-electron chi connectivity index (χ4n) is 1.94. The maximum Gasteiger partial charge on any atom is 0.279 e. The Kier molecular flexibility index (Phi) is 7.23. The van der Waals surface area contributed by atoms with Crippen molar-refractivity contribution >= 4 is 10.2 Å². The summed E-state index contributed by atoms with van der Waals surface area (Å²) in [6.07, 6.45) is 2.54. The highest BCUT2D eigenvalue weighted by atomic mass is 32.2. The Bertz CT molecular complexity index is 338. The number of nitrogens with two attached hydrogens (primary N) is 1. The van der Waals surface area contributed by atoms with Crippen LogP contribution in [0.1, 0.15) is 33.1 Å². The molecule has 19 heavy (non-hydrogen) atoms. The lowest BCUT2D eigenvalue weighted by Crippen LogP contribution is -2.47. The minimum atomic E-state index is -3.32. The van der Waals surface area contributed by atoms with Crippen LogP contribution in [0.15, 0.2) is 0 Å². The van der Waals surface area contributed by atoms with E-state index in [2.05, 4.69) is 4.72 Å². The van der Waals surface area contributed by atoms with Crippen LogP contribution in [0.4, 0.5) is 0 Å². The maximum absolute atomic E-state index is 12.0. The highest BCUT2D eigenvalue weighted by Gasteiger charge is 2.27. The fourth-order valence-corrected chi connectivity index (χ4v) is 3.35. The van der Waals surface area contributed by atoms with Crippen LogP contribution in [0.3, 0.4) is 0 Å². The van der Waals surface area contributed by atoms with Gasteiger partial charge in [0.2, 0.25) is 0 Å². The van der Waals surface area contributed by atoms with Gasteiger partial charge in [-0.2, -0.15) is 12.7 Å². The molecule has 0 aromatic carbocycles. The van der Waals surface area contributed by atoms with Crippen molar-refractivity contribution in [2.45, 2.75) is 39.2 Å². The normalized spacial score (nSPS) is 19.2. The van der Waals surface area contributed by atoms with Gasteiger partial charge in [-0.05, 0) is 31.7 Å². The molecule has 1 fully saturated rings. The first-order valence-electron chi connectivity index (χ1n) is 7.02. The average molecular weight is 293 g/mol. The van der Waals surface area contributed by atoms with Crippen molar-refractivity contribution in [3.05, 3.63) is 0 Å². The molecular weight excluding hydrogens is 266 g/mol. The van der Waals surface area contributed by atoms with Crippen LogP contribution < -0.4 is 10.5 Å². The molecule has 0 bridgehead atoms. The molecule has 7 heteroatoms. The van der Waals surface area contributed by atoms with Crippen molar-refractivity contribution in [3.8, 4) is 0 Å². The number of nitrogens with zero attached hydrogens (tertiary/aromatic N) is 1. The number of nitrogens with one attached hydrogen (secondary N) is 1. The minimum Gasteiger partial charge on any atom is -0.378 e. The lowest BCUT2D eigenvalue weighted by Gasteiger charge is -2.31. The predicted molar refractivity (Wildman–Crippen MR) is 76.0 cm³/mol. The van der Waals surface area contributed by atoms with E-state index in [0.717, 1.165) is 19.3 Å². The first kappa shape index (κ1) is 16.8. The first-order chi connectivity index (χ1) is 8.95. The zero-order valence-corrected chi connectivity index (χ0v) is 12.8. The molecule has 6 nitrogen and oxygen atoms in total. The van der Waals surface area contributed by atoms with Crippen LogP contribution in [0.25, 0.3) is 0 Å². The molecule has 1 rings (SSSR count). The summed E-state index contributed by atoms with van der Waals surface area (Å²) < 4.78 is 33.8. The molecule has 1 aliphatic heterocycles. The standard InChI is InChI=1S/C12H27N3O3S/c1-11(2)10-14-19(16,17)15-7-4-12(5-8-15)18-9-3-6-13/h11-12,14H,3-10,13H2,1-2H3. The molecular formula is C12H27N3O3S. The zero-order valence-electron chi connectivity index (χ0n) is 12.0. The smallest absolute Gasteiger partial charge is 0.279 e. The monoisotopic (exact) mass is 293 g/mol.